The van der Waals surface area contributed by atoms with E-state index in [1.807, 2.05) is 0 Å². The number of benzene rings is 1. The molecular weight excluding hydrogens is 288 g/mol. The molecule has 0 heterocycles. The van der Waals surface area contributed by atoms with E-state index >= 15 is 0 Å². The van der Waals surface area contributed by atoms with Gasteiger partial charge >= 0.3 is 0 Å². The van der Waals surface area contributed by atoms with Crippen LogP contribution in [0.5, 0.6) is 0 Å². The van der Waals surface area contributed by atoms with Crippen LogP contribution in [-0.4, -0.2) is 31.6 Å². The summed E-state index contributed by atoms with van der Waals surface area (Å²) >= 11 is 3.52. The summed E-state index contributed by atoms with van der Waals surface area (Å²) in [6.45, 7) is 11.0. The zero-order valence-corrected chi connectivity index (χ0v) is 13.5. The van der Waals surface area contributed by atoms with Crippen LogP contribution in [0.1, 0.15) is 26.3 Å². The fourth-order valence-corrected chi connectivity index (χ4v) is 2.70. The van der Waals surface area contributed by atoms with Gasteiger partial charge in [0.15, 0.2) is 0 Å². The van der Waals surface area contributed by atoms with Crippen LogP contribution >= 0.6 is 15.9 Å². The summed E-state index contributed by atoms with van der Waals surface area (Å²) in [6.07, 6.45) is 0. The molecule has 0 aliphatic heterocycles. The fourth-order valence-electron chi connectivity index (χ4n) is 2.25. The Kier molecular flexibility index (Phi) is 6.33. The van der Waals surface area contributed by atoms with Crippen molar-refractivity contribution in [3.63, 3.8) is 0 Å². The van der Waals surface area contributed by atoms with E-state index in [0.717, 1.165) is 30.7 Å². The monoisotopic (exact) mass is 312 g/mol. The third kappa shape index (κ3) is 5.98. The normalized spacial score (nSPS) is 12.1. The molecule has 3 heteroatoms. The summed E-state index contributed by atoms with van der Waals surface area (Å²) in [5, 5.41) is 3.43. The molecule has 0 aliphatic rings. The van der Waals surface area contributed by atoms with Gasteiger partial charge in [0.1, 0.15) is 0 Å². The second-order valence-electron chi connectivity index (χ2n) is 5.75. The van der Waals surface area contributed by atoms with Gasteiger partial charge in [-0.1, -0.05) is 48.8 Å². The second kappa shape index (κ2) is 7.27. The van der Waals surface area contributed by atoms with Gasteiger partial charge in [-0.15, -0.1) is 0 Å². The van der Waals surface area contributed by atoms with Gasteiger partial charge in [-0.05, 0) is 36.7 Å². The summed E-state index contributed by atoms with van der Waals surface area (Å²) in [4.78, 5) is 2.39. The molecule has 0 aromatic heterocycles. The highest BCUT2D eigenvalue weighted by atomic mass is 79.9. The zero-order valence-electron chi connectivity index (χ0n) is 12.0. The van der Waals surface area contributed by atoms with Crippen molar-refractivity contribution >= 4 is 15.9 Å². The van der Waals surface area contributed by atoms with E-state index in [9.17, 15) is 0 Å². The quantitative estimate of drug-likeness (QED) is 0.828. The number of rotatable bonds is 7. The van der Waals surface area contributed by atoms with E-state index in [0.29, 0.717) is 5.41 Å². The van der Waals surface area contributed by atoms with Gasteiger partial charge in [-0.2, -0.15) is 0 Å². The average Bonchev–Trinajstić information content (AvgIpc) is 2.25. The average molecular weight is 313 g/mol. The summed E-state index contributed by atoms with van der Waals surface area (Å²) in [5.41, 5.74) is 1.66. The van der Waals surface area contributed by atoms with Crippen LogP contribution in [-0.2, 0) is 6.54 Å². The van der Waals surface area contributed by atoms with Crippen LogP contribution < -0.4 is 5.32 Å². The second-order valence-corrected chi connectivity index (χ2v) is 6.66. The number of halogens is 1. The maximum atomic E-state index is 3.52. The Morgan fingerprint density at radius 3 is 2.67 bits per heavy atom. The first-order valence-corrected chi connectivity index (χ1v) is 7.36. The summed E-state index contributed by atoms with van der Waals surface area (Å²) in [6, 6.07) is 8.53. The molecule has 1 rings (SSSR count). The highest BCUT2D eigenvalue weighted by molar-refractivity contribution is 9.10. The van der Waals surface area contributed by atoms with Gasteiger partial charge in [0.05, 0.1) is 0 Å². The largest absolute Gasteiger partial charge is 0.316 e. The van der Waals surface area contributed by atoms with Gasteiger partial charge in [-0.25, -0.2) is 0 Å². The number of nitrogens with zero attached hydrogens (tertiary/aromatic N) is 1. The minimum atomic E-state index is 0.302. The minimum absolute atomic E-state index is 0.302. The first kappa shape index (κ1) is 15.7. The van der Waals surface area contributed by atoms with E-state index in [1.165, 1.54) is 5.56 Å². The maximum absolute atomic E-state index is 3.52. The van der Waals surface area contributed by atoms with Crippen LogP contribution in [0.3, 0.4) is 0 Å². The molecule has 0 aliphatic carbocycles. The minimum Gasteiger partial charge on any atom is -0.316 e. The van der Waals surface area contributed by atoms with Crippen molar-refractivity contribution in [1.82, 2.24) is 10.2 Å². The molecular formula is C15H25BrN2. The molecule has 0 spiro atoms. The van der Waals surface area contributed by atoms with Crippen molar-refractivity contribution in [2.75, 3.05) is 26.7 Å². The van der Waals surface area contributed by atoms with Crippen LogP contribution in [0, 0.1) is 5.41 Å². The topological polar surface area (TPSA) is 15.3 Å². The lowest BCUT2D eigenvalue weighted by atomic mass is 9.92. The van der Waals surface area contributed by atoms with Crippen LogP contribution in [0.25, 0.3) is 0 Å². The third-order valence-corrected chi connectivity index (χ3v) is 3.39. The Morgan fingerprint density at radius 1 is 1.33 bits per heavy atom. The predicted molar refractivity (Wildman–Crippen MR) is 82.8 cm³/mol. The summed E-state index contributed by atoms with van der Waals surface area (Å²) in [7, 11) is 2.19. The Labute approximate surface area is 120 Å². The molecule has 0 saturated heterocycles. The summed E-state index contributed by atoms with van der Waals surface area (Å²) in [5.74, 6) is 0. The molecule has 0 radical (unpaired) electrons. The van der Waals surface area contributed by atoms with Gasteiger partial charge in [0.25, 0.3) is 0 Å². The van der Waals surface area contributed by atoms with Crippen LogP contribution in [0.15, 0.2) is 28.7 Å². The molecule has 1 aromatic rings. The molecule has 2 nitrogen and oxygen atoms in total. The van der Waals surface area contributed by atoms with Gasteiger partial charge in [0, 0.05) is 24.1 Å². The van der Waals surface area contributed by atoms with Crippen LogP contribution in [0.2, 0.25) is 0 Å². The molecule has 0 amide bonds. The van der Waals surface area contributed by atoms with Crippen molar-refractivity contribution in [3.8, 4) is 0 Å². The Hall–Kier alpha value is -0.380. The van der Waals surface area contributed by atoms with Crippen molar-refractivity contribution in [3.05, 3.63) is 34.3 Å². The third-order valence-electron chi connectivity index (χ3n) is 2.89. The molecule has 0 atom stereocenters. The molecule has 1 aromatic carbocycles. The molecule has 102 valence electrons. The lowest BCUT2D eigenvalue weighted by Crippen LogP contribution is -2.38. The molecule has 1 N–H and O–H groups in total. The lowest BCUT2D eigenvalue weighted by molar-refractivity contribution is 0.199. The van der Waals surface area contributed by atoms with E-state index in [1.54, 1.807) is 0 Å². The molecule has 18 heavy (non-hydrogen) atoms. The van der Waals surface area contributed by atoms with E-state index in [-0.39, 0.29) is 0 Å². The van der Waals surface area contributed by atoms with Crippen molar-refractivity contribution in [1.29, 1.82) is 0 Å². The van der Waals surface area contributed by atoms with Crippen molar-refractivity contribution in [2.24, 2.45) is 5.41 Å². The molecule has 0 fully saturated rings. The standard InChI is InChI=1S/C15H25BrN2/c1-5-17-11-15(2,3)12-18(4)10-13-7-6-8-14(16)9-13/h6-9,17H,5,10-12H2,1-4H3. The fraction of sp³-hybridized carbons (Fsp3) is 0.600. The number of nitrogens with one attached hydrogen (secondary N) is 1. The Morgan fingerprint density at radius 2 is 2.06 bits per heavy atom. The first-order chi connectivity index (χ1) is 8.43. The van der Waals surface area contributed by atoms with E-state index in [4.69, 9.17) is 0 Å². The van der Waals surface area contributed by atoms with Gasteiger partial charge < -0.3 is 10.2 Å². The van der Waals surface area contributed by atoms with Crippen LogP contribution in [0.4, 0.5) is 0 Å². The predicted octanol–water partition coefficient (Wildman–Crippen LogP) is 3.52. The Balaban J connectivity index is 2.48. The smallest absolute Gasteiger partial charge is 0.0231 e. The van der Waals surface area contributed by atoms with Crippen molar-refractivity contribution in [2.45, 2.75) is 27.3 Å². The SMILES string of the molecule is CCNCC(C)(C)CN(C)Cc1cccc(Br)c1. The lowest BCUT2D eigenvalue weighted by Gasteiger charge is -2.30. The van der Waals surface area contributed by atoms with E-state index in [2.05, 4.69) is 78.2 Å². The highest BCUT2D eigenvalue weighted by Crippen LogP contribution is 2.18. The van der Waals surface area contributed by atoms with E-state index < -0.39 is 0 Å². The Bertz CT molecular complexity index is 363. The number of hydrogen-bond acceptors (Lipinski definition) is 2. The van der Waals surface area contributed by atoms with Crippen molar-refractivity contribution < 1.29 is 0 Å². The maximum Gasteiger partial charge on any atom is 0.0231 e. The first-order valence-electron chi connectivity index (χ1n) is 6.56. The van der Waals surface area contributed by atoms with Gasteiger partial charge in [0.2, 0.25) is 0 Å². The van der Waals surface area contributed by atoms with Gasteiger partial charge in [-0.3, -0.25) is 0 Å². The number of hydrogen-bond donors (Lipinski definition) is 1. The highest BCUT2D eigenvalue weighted by Gasteiger charge is 2.19. The molecule has 0 bridgehead atoms. The summed E-state index contributed by atoms with van der Waals surface area (Å²) < 4.78 is 1.15. The molecule has 0 saturated carbocycles. The molecule has 0 unspecified atom stereocenters. The zero-order chi connectivity index (χ0) is 13.6.